The average Bonchev–Trinajstić information content (AvgIpc) is 3.16. The molecule has 0 saturated carbocycles. The van der Waals surface area contributed by atoms with Crippen molar-refractivity contribution >= 4 is 0 Å². The van der Waals surface area contributed by atoms with Crippen molar-refractivity contribution in [2.75, 3.05) is 39.4 Å². The van der Waals surface area contributed by atoms with E-state index in [1.165, 1.54) is 32.1 Å². The van der Waals surface area contributed by atoms with E-state index in [9.17, 15) is 0 Å². The van der Waals surface area contributed by atoms with Crippen LogP contribution in [-0.4, -0.2) is 51.6 Å². The van der Waals surface area contributed by atoms with Crippen molar-refractivity contribution in [3.63, 3.8) is 0 Å². The van der Waals surface area contributed by atoms with E-state index in [0.717, 1.165) is 45.3 Å². The summed E-state index contributed by atoms with van der Waals surface area (Å²) >= 11 is 0. The fourth-order valence-electron chi connectivity index (χ4n) is 4.33. The van der Waals surface area contributed by atoms with Crippen LogP contribution in [-0.2, 0) is 9.47 Å². The predicted octanol–water partition coefficient (Wildman–Crippen LogP) is 3.46. The number of rotatable bonds is 13. The van der Waals surface area contributed by atoms with Crippen LogP contribution in [0.15, 0.2) is 0 Å². The first-order valence-corrected chi connectivity index (χ1v) is 10.8. The molecule has 0 aromatic heterocycles. The molecule has 0 aliphatic carbocycles. The molecule has 0 aromatic rings. The van der Waals surface area contributed by atoms with Crippen LogP contribution in [0.2, 0.25) is 0 Å². The van der Waals surface area contributed by atoms with Crippen LogP contribution in [0.5, 0.6) is 0 Å². The fraction of sp³-hybridized carbons (Fsp3) is 1.00. The highest BCUT2D eigenvalue weighted by Crippen LogP contribution is 2.34. The maximum absolute atomic E-state index is 6.10. The maximum atomic E-state index is 6.10. The van der Waals surface area contributed by atoms with Gasteiger partial charge >= 0.3 is 0 Å². The third-order valence-corrected chi connectivity index (χ3v) is 5.86. The summed E-state index contributed by atoms with van der Waals surface area (Å²) < 4.78 is 12.2. The molecule has 0 spiro atoms. The second kappa shape index (κ2) is 11.5. The first-order chi connectivity index (χ1) is 12.2. The second-order valence-electron chi connectivity index (χ2n) is 8.58. The maximum Gasteiger partial charge on any atom is 0.0903 e. The Hall–Kier alpha value is -0.160. The Morgan fingerprint density at radius 2 is 1.56 bits per heavy atom. The van der Waals surface area contributed by atoms with Crippen molar-refractivity contribution in [1.29, 1.82) is 0 Å². The molecule has 2 aliphatic rings. The molecule has 0 amide bonds. The molecule has 2 aliphatic heterocycles. The molecule has 148 valence electrons. The van der Waals surface area contributed by atoms with Crippen LogP contribution in [0.3, 0.4) is 0 Å². The van der Waals surface area contributed by atoms with E-state index < -0.39 is 0 Å². The smallest absolute Gasteiger partial charge is 0.0903 e. The van der Waals surface area contributed by atoms with Gasteiger partial charge in [0.25, 0.3) is 0 Å². The Morgan fingerprint density at radius 1 is 0.920 bits per heavy atom. The fourth-order valence-corrected chi connectivity index (χ4v) is 4.33. The van der Waals surface area contributed by atoms with Gasteiger partial charge in [-0.1, -0.05) is 47.0 Å². The van der Waals surface area contributed by atoms with Crippen LogP contribution >= 0.6 is 0 Å². The lowest BCUT2D eigenvalue weighted by Crippen LogP contribution is -2.36. The monoisotopic (exact) mass is 354 g/mol. The molecule has 2 rings (SSSR count). The zero-order valence-corrected chi connectivity index (χ0v) is 17.1. The van der Waals surface area contributed by atoms with Crippen LogP contribution in [0.1, 0.15) is 59.8 Å². The predicted molar refractivity (Wildman–Crippen MR) is 105 cm³/mol. The summed E-state index contributed by atoms with van der Waals surface area (Å²) in [6.45, 7) is 15.1. The van der Waals surface area contributed by atoms with Crippen molar-refractivity contribution in [3.8, 4) is 0 Å². The van der Waals surface area contributed by atoms with Gasteiger partial charge in [-0.05, 0) is 37.8 Å². The zero-order chi connectivity index (χ0) is 18.1. The highest BCUT2D eigenvalue weighted by Gasteiger charge is 2.46. The summed E-state index contributed by atoms with van der Waals surface area (Å²) in [5, 5.41) is 7.22. The van der Waals surface area contributed by atoms with Gasteiger partial charge in [0.15, 0.2) is 0 Å². The summed E-state index contributed by atoms with van der Waals surface area (Å²) in [5.41, 5.74) is 0. The van der Waals surface area contributed by atoms with Crippen LogP contribution in [0.25, 0.3) is 0 Å². The summed E-state index contributed by atoms with van der Waals surface area (Å²) in [6, 6.07) is 0. The van der Waals surface area contributed by atoms with E-state index >= 15 is 0 Å². The van der Waals surface area contributed by atoms with Gasteiger partial charge in [-0.25, -0.2) is 0 Å². The molecule has 2 N–H and O–H groups in total. The topological polar surface area (TPSA) is 42.5 Å². The first kappa shape index (κ1) is 21.1. The first-order valence-electron chi connectivity index (χ1n) is 10.8. The molecule has 0 radical (unpaired) electrons. The Balaban J connectivity index is 1.59. The van der Waals surface area contributed by atoms with Gasteiger partial charge in [-0.3, -0.25) is 0 Å². The zero-order valence-electron chi connectivity index (χ0n) is 17.1. The molecule has 4 heteroatoms. The number of hydrogen-bond donors (Lipinski definition) is 2. The number of nitrogens with one attached hydrogen (secondary N) is 2. The van der Waals surface area contributed by atoms with Gasteiger partial charge in [0.05, 0.1) is 25.4 Å². The highest BCUT2D eigenvalue weighted by atomic mass is 16.6. The van der Waals surface area contributed by atoms with Crippen molar-refractivity contribution in [2.24, 2.45) is 23.7 Å². The highest BCUT2D eigenvalue weighted by molar-refractivity contribution is 4.95. The largest absolute Gasteiger partial charge is 0.375 e. The number of fused-ring (bicyclic) bond motifs is 1. The second-order valence-corrected chi connectivity index (χ2v) is 8.58. The lowest BCUT2D eigenvalue weighted by Gasteiger charge is -2.18. The van der Waals surface area contributed by atoms with E-state index in [0.29, 0.717) is 30.0 Å². The third kappa shape index (κ3) is 6.82. The van der Waals surface area contributed by atoms with Gasteiger partial charge in [0, 0.05) is 24.9 Å². The van der Waals surface area contributed by atoms with E-state index in [2.05, 4.69) is 38.3 Å². The summed E-state index contributed by atoms with van der Waals surface area (Å²) in [5.74, 6) is 2.67. The van der Waals surface area contributed by atoms with Crippen LogP contribution in [0.4, 0.5) is 0 Å². The minimum atomic E-state index is 0.306. The van der Waals surface area contributed by atoms with Crippen LogP contribution < -0.4 is 10.6 Å². The number of ether oxygens (including phenoxy) is 2. The molecule has 4 nitrogen and oxygen atoms in total. The third-order valence-electron chi connectivity index (χ3n) is 5.86. The average molecular weight is 355 g/mol. The molecule has 0 bridgehead atoms. The summed E-state index contributed by atoms with van der Waals surface area (Å²) in [6.07, 6.45) is 7.31. The minimum absolute atomic E-state index is 0.306. The summed E-state index contributed by atoms with van der Waals surface area (Å²) in [7, 11) is 0. The lowest BCUT2D eigenvalue weighted by atomic mass is 9.95. The summed E-state index contributed by atoms with van der Waals surface area (Å²) in [4.78, 5) is 0. The molecule has 0 aromatic carbocycles. The van der Waals surface area contributed by atoms with Crippen molar-refractivity contribution < 1.29 is 9.47 Å². The standard InChI is InChI=1S/C21H42N2O2/c1-5-8-17(6-2)9-7-10-22-12-18-14-24-21-19(15-25-20(18)21)13-23-11-16(3)4/h16-23H,5-15H2,1-4H3. The van der Waals surface area contributed by atoms with Crippen molar-refractivity contribution in [1.82, 2.24) is 10.6 Å². The molecule has 2 saturated heterocycles. The van der Waals surface area contributed by atoms with Gasteiger partial charge in [-0.2, -0.15) is 0 Å². The Morgan fingerprint density at radius 3 is 2.12 bits per heavy atom. The van der Waals surface area contributed by atoms with E-state index in [1.807, 2.05) is 0 Å². The van der Waals surface area contributed by atoms with E-state index in [4.69, 9.17) is 9.47 Å². The SMILES string of the molecule is CCCC(CC)CCCNCC1COC2C(CNCC(C)C)COC12. The molecule has 2 fully saturated rings. The molecule has 5 atom stereocenters. The Labute approximate surface area is 155 Å². The van der Waals surface area contributed by atoms with Crippen molar-refractivity contribution in [2.45, 2.75) is 72.0 Å². The Kier molecular flexibility index (Phi) is 9.75. The molecule has 5 unspecified atom stereocenters. The van der Waals surface area contributed by atoms with E-state index in [1.54, 1.807) is 0 Å². The molecular formula is C21H42N2O2. The normalized spacial score (nSPS) is 30.1. The number of hydrogen-bond acceptors (Lipinski definition) is 4. The van der Waals surface area contributed by atoms with Gasteiger partial charge in [-0.15, -0.1) is 0 Å². The van der Waals surface area contributed by atoms with Gasteiger partial charge < -0.3 is 20.1 Å². The van der Waals surface area contributed by atoms with Crippen molar-refractivity contribution in [3.05, 3.63) is 0 Å². The minimum Gasteiger partial charge on any atom is -0.375 e. The molecule has 25 heavy (non-hydrogen) atoms. The van der Waals surface area contributed by atoms with Gasteiger partial charge in [0.2, 0.25) is 0 Å². The quantitative estimate of drug-likeness (QED) is 0.497. The molecular weight excluding hydrogens is 312 g/mol. The lowest BCUT2D eigenvalue weighted by molar-refractivity contribution is 0.0603. The van der Waals surface area contributed by atoms with E-state index in [-0.39, 0.29) is 0 Å². The molecule has 2 heterocycles. The van der Waals surface area contributed by atoms with Crippen LogP contribution in [0, 0.1) is 23.7 Å². The van der Waals surface area contributed by atoms with Gasteiger partial charge in [0.1, 0.15) is 0 Å². The Bertz CT molecular complexity index is 351.